The van der Waals surface area contributed by atoms with Crippen LogP contribution < -0.4 is 5.32 Å². The Balaban J connectivity index is 2.33. The molecular weight excluding hydrogens is 174 g/mol. The van der Waals surface area contributed by atoms with Crippen molar-refractivity contribution < 1.29 is 4.42 Å². The molecule has 2 heteroatoms. The Kier molecular flexibility index (Phi) is 4.74. The van der Waals surface area contributed by atoms with Crippen LogP contribution in [0.15, 0.2) is 22.8 Å². The molecule has 0 fully saturated rings. The van der Waals surface area contributed by atoms with Gasteiger partial charge in [-0.25, -0.2) is 0 Å². The van der Waals surface area contributed by atoms with E-state index in [9.17, 15) is 0 Å². The maximum atomic E-state index is 5.38. The van der Waals surface area contributed by atoms with Crippen molar-refractivity contribution >= 4 is 0 Å². The van der Waals surface area contributed by atoms with Crippen molar-refractivity contribution in [2.75, 3.05) is 6.54 Å². The second kappa shape index (κ2) is 5.86. The summed E-state index contributed by atoms with van der Waals surface area (Å²) < 4.78 is 5.38. The molecule has 0 saturated carbocycles. The highest BCUT2D eigenvalue weighted by Gasteiger charge is 2.10. The van der Waals surface area contributed by atoms with E-state index in [0.29, 0.717) is 6.04 Å². The summed E-state index contributed by atoms with van der Waals surface area (Å²) in [5.41, 5.74) is 0. The molecule has 0 radical (unpaired) electrons. The summed E-state index contributed by atoms with van der Waals surface area (Å²) in [5.74, 6) is 1.81. The van der Waals surface area contributed by atoms with Gasteiger partial charge in [0, 0.05) is 0 Å². The Labute approximate surface area is 86.7 Å². The second-order valence-electron chi connectivity index (χ2n) is 4.11. The van der Waals surface area contributed by atoms with Gasteiger partial charge in [-0.3, -0.25) is 0 Å². The molecule has 1 aromatic heterocycles. The smallest absolute Gasteiger partial charge is 0.120 e. The van der Waals surface area contributed by atoms with Crippen LogP contribution in [0, 0.1) is 5.92 Å². The van der Waals surface area contributed by atoms with Gasteiger partial charge >= 0.3 is 0 Å². The van der Waals surface area contributed by atoms with Crippen LogP contribution in [0.5, 0.6) is 0 Å². The van der Waals surface area contributed by atoms with Gasteiger partial charge in [-0.1, -0.05) is 20.8 Å². The third-order valence-corrected chi connectivity index (χ3v) is 2.41. The van der Waals surface area contributed by atoms with Gasteiger partial charge in [-0.15, -0.1) is 0 Å². The molecule has 0 aromatic carbocycles. The Morgan fingerprint density at radius 3 is 2.71 bits per heavy atom. The molecule has 1 heterocycles. The molecule has 1 unspecified atom stereocenters. The van der Waals surface area contributed by atoms with Crippen LogP contribution in [0.2, 0.25) is 0 Å². The summed E-state index contributed by atoms with van der Waals surface area (Å²) >= 11 is 0. The Hall–Kier alpha value is -0.760. The topological polar surface area (TPSA) is 25.2 Å². The lowest BCUT2D eigenvalue weighted by molar-refractivity contribution is 0.392. The maximum absolute atomic E-state index is 5.38. The third kappa shape index (κ3) is 3.54. The van der Waals surface area contributed by atoms with Crippen molar-refractivity contribution in [2.45, 2.75) is 39.7 Å². The fraction of sp³-hybridized carbons (Fsp3) is 0.667. The van der Waals surface area contributed by atoms with Gasteiger partial charge in [0.1, 0.15) is 5.76 Å². The molecule has 0 aliphatic rings. The zero-order valence-electron chi connectivity index (χ0n) is 9.42. The van der Waals surface area contributed by atoms with E-state index in [1.165, 1.54) is 6.42 Å². The Bertz CT molecular complexity index is 228. The van der Waals surface area contributed by atoms with Crippen molar-refractivity contribution in [3.8, 4) is 0 Å². The van der Waals surface area contributed by atoms with Crippen molar-refractivity contribution in [2.24, 2.45) is 5.92 Å². The third-order valence-electron chi connectivity index (χ3n) is 2.41. The van der Waals surface area contributed by atoms with Crippen LogP contribution >= 0.6 is 0 Å². The lowest BCUT2D eigenvalue weighted by atomic mass is 10.1. The highest BCUT2D eigenvalue weighted by molar-refractivity contribution is 5.03. The van der Waals surface area contributed by atoms with E-state index in [1.807, 2.05) is 12.1 Å². The van der Waals surface area contributed by atoms with Gasteiger partial charge in [-0.05, 0) is 37.4 Å². The molecule has 0 bridgehead atoms. The minimum absolute atomic E-state index is 0.378. The molecule has 1 N–H and O–H groups in total. The SMILES string of the molecule is CCC(NCCC(C)C)c1ccco1. The minimum Gasteiger partial charge on any atom is -0.468 e. The monoisotopic (exact) mass is 195 g/mol. The lowest BCUT2D eigenvalue weighted by Crippen LogP contribution is -2.22. The molecule has 1 atom stereocenters. The van der Waals surface area contributed by atoms with Crippen molar-refractivity contribution in [1.82, 2.24) is 5.32 Å². The van der Waals surface area contributed by atoms with E-state index in [4.69, 9.17) is 4.42 Å². The summed E-state index contributed by atoms with van der Waals surface area (Å²) in [5, 5.41) is 3.51. The van der Waals surface area contributed by atoms with Gasteiger partial charge in [0.15, 0.2) is 0 Å². The van der Waals surface area contributed by atoms with E-state index in [0.717, 1.165) is 24.6 Å². The Morgan fingerprint density at radius 2 is 2.21 bits per heavy atom. The summed E-state index contributed by atoms with van der Waals surface area (Å²) in [6.07, 6.45) is 4.03. The number of hydrogen-bond donors (Lipinski definition) is 1. The minimum atomic E-state index is 0.378. The number of furan rings is 1. The zero-order chi connectivity index (χ0) is 10.4. The van der Waals surface area contributed by atoms with Crippen LogP contribution in [-0.4, -0.2) is 6.54 Å². The first kappa shape index (κ1) is 11.3. The Morgan fingerprint density at radius 1 is 1.43 bits per heavy atom. The molecule has 2 nitrogen and oxygen atoms in total. The average Bonchev–Trinajstić information content (AvgIpc) is 2.64. The molecule has 0 aliphatic carbocycles. The zero-order valence-corrected chi connectivity index (χ0v) is 9.42. The maximum Gasteiger partial charge on any atom is 0.120 e. The molecule has 80 valence electrons. The van der Waals surface area contributed by atoms with Crippen LogP contribution in [0.3, 0.4) is 0 Å². The van der Waals surface area contributed by atoms with Gasteiger partial charge < -0.3 is 9.73 Å². The second-order valence-corrected chi connectivity index (χ2v) is 4.11. The molecule has 0 amide bonds. The van der Waals surface area contributed by atoms with Gasteiger partial charge in [-0.2, -0.15) is 0 Å². The van der Waals surface area contributed by atoms with E-state index in [-0.39, 0.29) is 0 Å². The molecule has 1 rings (SSSR count). The predicted molar refractivity (Wildman–Crippen MR) is 59.2 cm³/mol. The number of nitrogens with one attached hydrogen (secondary N) is 1. The molecule has 0 aliphatic heterocycles. The fourth-order valence-corrected chi connectivity index (χ4v) is 1.48. The van der Waals surface area contributed by atoms with Crippen molar-refractivity contribution in [3.05, 3.63) is 24.2 Å². The van der Waals surface area contributed by atoms with E-state index in [2.05, 4.69) is 26.1 Å². The molecule has 14 heavy (non-hydrogen) atoms. The van der Waals surface area contributed by atoms with Crippen molar-refractivity contribution in [1.29, 1.82) is 0 Å². The molecular formula is C12H21NO. The lowest BCUT2D eigenvalue weighted by Gasteiger charge is -2.15. The highest BCUT2D eigenvalue weighted by Crippen LogP contribution is 2.16. The summed E-state index contributed by atoms with van der Waals surface area (Å²) in [7, 11) is 0. The quantitative estimate of drug-likeness (QED) is 0.753. The largest absolute Gasteiger partial charge is 0.468 e. The number of rotatable bonds is 6. The first-order valence-corrected chi connectivity index (χ1v) is 5.50. The van der Waals surface area contributed by atoms with Crippen LogP contribution in [0.25, 0.3) is 0 Å². The standard InChI is InChI=1S/C12H21NO/c1-4-11(12-6-5-9-14-12)13-8-7-10(2)3/h5-6,9-11,13H,4,7-8H2,1-3H3. The molecule has 0 saturated heterocycles. The summed E-state index contributed by atoms with van der Waals surface area (Å²) in [6, 6.07) is 4.36. The van der Waals surface area contributed by atoms with Gasteiger partial charge in [0.05, 0.1) is 12.3 Å². The summed E-state index contributed by atoms with van der Waals surface area (Å²) in [6.45, 7) is 7.73. The predicted octanol–water partition coefficient (Wildman–Crippen LogP) is 3.37. The average molecular weight is 195 g/mol. The van der Waals surface area contributed by atoms with E-state index < -0.39 is 0 Å². The highest BCUT2D eigenvalue weighted by atomic mass is 16.3. The van der Waals surface area contributed by atoms with E-state index in [1.54, 1.807) is 6.26 Å². The summed E-state index contributed by atoms with van der Waals surface area (Å²) in [4.78, 5) is 0. The molecule has 0 spiro atoms. The first-order chi connectivity index (χ1) is 6.74. The number of hydrogen-bond acceptors (Lipinski definition) is 2. The molecule has 1 aromatic rings. The first-order valence-electron chi connectivity index (χ1n) is 5.50. The van der Waals surface area contributed by atoms with Crippen molar-refractivity contribution in [3.63, 3.8) is 0 Å². The normalized spacial score (nSPS) is 13.4. The van der Waals surface area contributed by atoms with Crippen LogP contribution in [0.4, 0.5) is 0 Å². The van der Waals surface area contributed by atoms with Gasteiger partial charge in [0.2, 0.25) is 0 Å². The van der Waals surface area contributed by atoms with Crippen LogP contribution in [-0.2, 0) is 0 Å². The van der Waals surface area contributed by atoms with E-state index >= 15 is 0 Å². The van der Waals surface area contributed by atoms with Crippen LogP contribution in [0.1, 0.15) is 45.4 Å². The fourth-order valence-electron chi connectivity index (χ4n) is 1.48. The van der Waals surface area contributed by atoms with Gasteiger partial charge in [0.25, 0.3) is 0 Å².